The first-order valence-electron chi connectivity index (χ1n) is 12.2. The van der Waals surface area contributed by atoms with Crippen LogP contribution in [0, 0.1) is 20.8 Å². The molecule has 10 heteroatoms. The number of halogens is 2. The smallest absolute Gasteiger partial charge is 0.268 e. The fourth-order valence-corrected chi connectivity index (χ4v) is 6.76. The molecule has 0 N–H and O–H groups in total. The van der Waals surface area contributed by atoms with Gasteiger partial charge in [-0.25, -0.2) is 8.42 Å². The number of hydrogen-bond acceptors (Lipinski definition) is 5. The van der Waals surface area contributed by atoms with Crippen LogP contribution in [0.3, 0.4) is 0 Å². The number of aryl methyl sites for hydroxylation is 2. The number of sulfonamides is 1. The van der Waals surface area contributed by atoms with Crippen LogP contribution in [0.2, 0.25) is 10.0 Å². The SMILES string of the molecule is COc1ccc(C)cc1S(=O)(=O)N(CC(=O)N1CCN(c2cccc(C)c2C)CC1)c1cc(Cl)cc(Cl)c1. The molecule has 0 aliphatic carbocycles. The highest BCUT2D eigenvalue weighted by molar-refractivity contribution is 7.93. The Labute approximate surface area is 234 Å². The van der Waals surface area contributed by atoms with Crippen molar-refractivity contribution in [1.29, 1.82) is 0 Å². The minimum atomic E-state index is -4.22. The van der Waals surface area contributed by atoms with Gasteiger partial charge in [-0.1, -0.05) is 41.4 Å². The zero-order valence-electron chi connectivity index (χ0n) is 21.9. The second-order valence-electron chi connectivity index (χ2n) is 9.38. The molecule has 1 aliphatic rings. The van der Waals surface area contributed by atoms with Crippen LogP contribution in [0.25, 0.3) is 0 Å². The van der Waals surface area contributed by atoms with Gasteiger partial charge in [-0.2, -0.15) is 0 Å². The maximum Gasteiger partial charge on any atom is 0.268 e. The number of hydrogen-bond donors (Lipinski definition) is 0. The van der Waals surface area contributed by atoms with E-state index < -0.39 is 16.6 Å². The third-order valence-corrected chi connectivity index (χ3v) is 9.08. The molecule has 0 atom stereocenters. The van der Waals surface area contributed by atoms with Crippen molar-refractivity contribution in [3.63, 3.8) is 0 Å². The van der Waals surface area contributed by atoms with Gasteiger partial charge in [0.2, 0.25) is 5.91 Å². The van der Waals surface area contributed by atoms with E-state index in [0.29, 0.717) is 26.2 Å². The van der Waals surface area contributed by atoms with Crippen LogP contribution < -0.4 is 13.9 Å². The number of carbonyl (C=O) groups excluding carboxylic acids is 1. The molecule has 3 aromatic carbocycles. The highest BCUT2D eigenvalue weighted by atomic mass is 35.5. The monoisotopic (exact) mass is 575 g/mol. The van der Waals surface area contributed by atoms with Gasteiger partial charge in [0.15, 0.2) is 0 Å². The zero-order chi connectivity index (χ0) is 27.6. The van der Waals surface area contributed by atoms with Crippen molar-refractivity contribution in [3.05, 3.63) is 81.3 Å². The summed E-state index contributed by atoms with van der Waals surface area (Å²) in [6.45, 7) is 7.82. The van der Waals surface area contributed by atoms with E-state index in [9.17, 15) is 13.2 Å². The fraction of sp³-hybridized carbons (Fsp3) is 0.321. The molecule has 1 heterocycles. The number of carbonyl (C=O) groups is 1. The molecule has 1 fully saturated rings. The van der Waals surface area contributed by atoms with Crippen molar-refractivity contribution in [2.45, 2.75) is 25.7 Å². The summed E-state index contributed by atoms with van der Waals surface area (Å²) in [4.78, 5) is 17.4. The fourth-order valence-electron chi connectivity index (χ4n) is 4.60. The second-order valence-corrected chi connectivity index (χ2v) is 12.1. The van der Waals surface area contributed by atoms with Crippen molar-refractivity contribution in [2.24, 2.45) is 0 Å². The molecule has 7 nitrogen and oxygen atoms in total. The number of anilines is 2. The van der Waals surface area contributed by atoms with Gasteiger partial charge in [0.05, 0.1) is 12.8 Å². The predicted octanol–water partition coefficient (Wildman–Crippen LogP) is 5.47. The highest BCUT2D eigenvalue weighted by Crippen LogP contribution is 2.34. The van der Waals surface area contributed by atoms with Crippen LogP contribution in [0.1, 0.15) is 16.7 Å². The summed E-state index contributed by atoms with van der Waals surface area (Å²) >= 11 is 12.5. The number of benzene rings is 3. The molecule has 0 aromatic heterocycles. The average Bonchev–Trinajstić information content (AvgIpc) is 2.88. The van der Waals surface area contributed by atoms with Crippen LogP contribution in [0.4, 0.5) is 11.4 Å². The van der Waals surface area contributed by atoms with Gasteiger partial charge in [-0.05, 0) is 73.9 Å². The Hall–Kier alpha value is -2.94. The molecule has 202 valence electrons. The third-order valence-electron chi connectivity index (χ3n) is 6.85. The van der Waals surface area contributed by atoms with Crippen LogP contribution in [0.5, 0.6) is 5.75 Å². The van der Waals surface area contributed by atoms with Crippen molar-refractivity contribution < 1.29 is 17.9 Å². The number of methoxy groups -OCH3 is 1. The molecule has 0 spiro atoms. The lowest BCUT2D eigenvalue weighted by atomic mass is 10.1. The molecule has 0 unspecified atom stereocenters. The van der Waals surface area contributed by atoms with Crippen molar-refractivity contribution in [2.75, 3.05) is 49.0 Å². The summed E-state index contributed by atoms with van der Waals surface area (Å²) in [6.07, 6.45) is 0. The Balaban J connectivity index is 1.62. The molecule has 38 heavy (non-hydrogen) atoms. The number of amides is 1. The largest absolute Gasteiger partial charge is 0.495 e. The summed E-state index contributed by atoms with van der Waals surface area (Å²) in [7, 11) is -2.81. The van der Waals surface area contributed by atoms with Gasteiger partial charge in [0.25, 0.3) is 10.0 Å². The van der Waals surface area contributed by atoms with E-state index in [2.05, 4.69) is 30.9 Å². The first-order valence-corrected chi connectivity index (χ1v) is 14.4. The van der Waals surface area contributed by atoms with E-state index in [1.807, 2.05) is 6.07 Å². The van der Waals surface area contributed by atoms with Gasteiger partial charge < -0.3 is 14.5 Å². The number of nitrogens with zero attached hydrogens (tertiary/aromatic N) is 3. The number of piperazine rings is 1. The van der Waals surface area contributed by atoms with Crippen molar-refractivity contribution in [3.8, 4) is 5.75 Å². The Morgan fingerprint density at radius 3 is 2.24 bits per heavy atom. The Morgan fingerprint density at radius 1 is 0.947 bits per heavy atom. The van der Waals surface area contributed by atoms with E-state index in [1.165, 1.54) is 42.5 Å². The topological polar surface area (TPSA) is 70.2 Å². The summed E-state index contributed by atoms with van der Waals surface area (Å²) in [5.74, 6) is -0.125. The van der Waals surface area contributed by atoms with Crippen molar-refractivity contribution >= 4 is 50.5 Å². The zero-order valence-corrected chi connectivity index (χ0v) is 24.2. The maximum atomic E-state index is 14.0. The molecule has 1 saturated heterocycles. The maximum absolute atomic E-state index is 14.0. The number of ether oxygens (including phenoxy) is 1. The Morgan fingerprint density at radius 2 is 1.61 bits per heavy atom. The summed E-state index contributed by atoms with van der Waals surface area (Å²) < 4.78 is 34.4. The Bertz CT molecular complexity index is 1430. The summed E-state index contributed by atoms with van der Waals surface area (Å²) in [5, 5.41) is 0.525. The van der Waals surface area contributed by atoms with Gasteiger partial charge in [0, 0.05) is 41.9 Å². The molecule has 3 aromatic rings. The van der Waals surface area contributed by atoms with E-state index >= 15 is 0 Å². The summed E-state index contributed by atoms with van der Waals surface area (Å²) in [5.41, 5.74) is 4.53. The van der Waals surface area contributed by atoms with E-state index in [0.717, 1.165) is 15.6 Å². The molecular weight excluding hydrogens is 545 g/mol. The van der Waals surface area contributed by atoms with Crippen LogP contribution in [-0.4, -0.2) is 59.1 Å². The number of rotatable bonds is 7. The van der Waals surface area contributed by atoms with Crippen LogP contribution >= 0.6 is 23.2 Å². The van der Waals surface area contributed by atoms with Gasteiger partial charge >= 0.3 is 0 Å². The normalized spacial score (nSPS) is 13.9. The lowest BCUT2D eigenvalue weighted by Crippen LogP contribution is -2.52. The molecule has 0 bridgehead atoms. The van der Waals surface area contributed by atoms with E-state index in [-0.39, 0.29) is 32.3 Å². The molecule has 0 radical (unpaired) electrons. The predicted molar refractivity (Wildman–Crippen MR) is 153 cm³/mol. The third kappa shape index (κ3) is 5.87. The minimum absolute atomic E-state index is 0.0383. The quantitative estimate of drug-likeness (QED) is 0.373. The first kappa shape index (κ1) is 28.1. The standard InChI is InChI=1S/C28H31Cl2N3O4S/c1-19-8-9-26(37-4)27(14-19)38(35,36)33(24-16-22(29)15-23(30)17-24)18-28(34)32-12-10-31(11-13-32)25-7-5-6-20(2)21(25)3/h5-9,14-17H,10-13,18H2,1-4H3. The van der Waals surface area contributed by atoms with E-state index in [1.54, 1.807) is 24.0 Å². The summed E-state index contributed by atoms with van der Waals surface area (Å²) in [6, 6.07) is 15.6. The molecule has 0 saturated carbocycles. The van der Waals surface area contributed by atoms with Crippen molar-refractivity contribution in [1.82, 2.24) is 4.90 Å². The molecule has 4 rings (SSSR count). The minimum Gasteiger partial charge on any atom is -0.495 e. The molecule has 1 aliphatic heterocycles. The van der Waals surface area contributed by atoms with Crippen LogP contribution in [-0.2, 0) is 14.8 Å². The second kappa shape index (κ2) is 11.4. The first-order chi connectivity index (χ1) is 18.0. The molecule has 1 amide bonds. The highest BCUT2D eigenvalue weighted by Gasteiger charge is 2.33. The lowest BCUT2D eigenvalue weighted by Gasteiger charge is -2.38. The van der Waals surface area contributed by atoms with Gasteiger partial charge in [-0.15, -0.1) is 0 Å². The van der Waals surface area contributed by atoms with E-state index in [4.69, 9.17) is 27.9 Å². The van der Waals surface area contributed by atoms with Gasteiger partial charge in [-0.3, -0.25) is 9.10 Å². The van der Waals surface area contributed by atoms with Gasteiger partial charge in [0.1, 0.15) is 17.2 Å². The Kier molecular flexibility index (Phi) is 8.45. The van der Waals surface area contributed by atoms with Crippen LogP contribution in [0.15, 0.2) is 59.5 Å². The average molecular weight is 577 g/mol. The molecular formula is C28H31Cl2N3O4S. The lowest BCUT2D eigenvalue weighted by molar-refractivity contribution is -0.129.